The van der Waals surface area contributed by atoms with Gasteiger partial charge in [0.1, 0.15) is 5.82 Å². The van der Waals surface area contributed by atoms with E-state index in [1.807, 2.05) is 50.2 Å². The second-order valence-corrected chi connectivity index (χ2v) is 10.2. The average molecular weight is 466 g/mol. The molecule has 0 unspecified atom stereocenters. The van der Waals surface area contributed by atoms with E-state index in [0.29, 0.717) is 43.2 Å². The van der Waals surface area contributed by atoms with Gasteiger partial charge in [0.2, 0.25) is 0 Å². The molecule has 0 aliphatic heterocycles. The maximum Gasteiger partial charge on any atom is 0.306 e. The highest BCUT2D eigenvalue weighted by Crippen LogP contribution is 2.32. The van der Waals surface area contributed by atoms with Crippen LogP contribution in [0, 0.1) is 25.6 Å². The van der Waals surface area contributed by atoms with Gasteiger partial charge in [-0.25, -0.2) is 4.39 Å². The van der Waals surface area contributed by atoms with Crippen molar-refractivity contribution in [1.29, 1.82) is 0 Å². The van der Waals surface area contributed by atoms with E-state index in [2.05, 4.69) is 5.32 Å². The van der Waals surface area contributed by atoms with E-state index in [0.717, 1.165) is 26.4 Å². The van der Waals surface area contributed by atoms with Crippen molar-refractivity contribution in [2.75, 3.05) is 0 Å². The molecule has 1 saturated carbocycles. The fraction of sp³-hybridized carbons (Fsp3) is 0.333. The van der Waals surface area contributed by atoms with E-state index < -0.39 is 5.97 Å². The molecule has 4 nitrogen and oxygen atoms in total. The molecule has 0 saturated heterocycles. The molecular formula is C27H28FNO3S. The summed E-state index contributed by atoms with van der Waals surface area (Å²) >= 11 is 1.55. The van der Waals surface area contributed by atoms with Crippen molar-refractivity contribution in [2.24, 2.45) is 5.92 Å². The summed E-state index contributed by atoms with van der Waals surface area (Å²) in [6.07, 6.45) is 2.83. The van der Waals surface area contributed by atoms with Gasteiger partial charge in [0.15, 0.2) is 0 Å². The van der Waals surface area contributed by atoms with Crippen molar-refractivity contribution in [1.82, 2.24) is 5.32 Å². The molecule has 6 heteroatoms. The van der Waals surface area contributed by atoms with Crippen LogP contribution in [0.1, 0.15) is 56.9 Å². The number of benzene rings is 2. The number of amides is 1. The Bertz CT molecular complexity index is 1160. The summed E-state index contributed by atoms with van der Waals surface area (Å²) in [6.45, 7) is 3.89. The maximum absolute atomic E-state index is 15.0. The van der Waals surface area contributed by atoms with E-state index >= 15 is 4.39 Å². The molecule has 3 aromatic rings. The van der Waals surface area contributed by atoms with Crippen LogP contribution in [-0.2, 0) is 11.2 Å². The van der Waals surface area contributed by atoms with Crippen LogP contribution in [0.15, 0.2) is 48.5 Å². The van der Waals surface area contributed by atoms with Crippen LogP contribution in [0.3, 0.4) is 0 Å². The van der Waals surface area contributed by atoms with Crippen LogP contribution < -0.4 is 5.32 Å². The molecule has 0 bridgehead atoms. The molecule has 1 amide bonds. The number of carbonyl (C=O) groups excluding carboxylic acids is 1. The van der Waals surface area contributed by atoms with Crippen LogP contribution >= 0.6 is 11.3 Å². The topological polar surface area (TPSA) is 66.4 Å². The Morgan fingerprint density at radius 2 is 1.70 bits per heavy atom. The monoisotopic (exact) mass is 465 g/mol. The van der Waals surface area contributed by atoms with Crippen molar-refractivity contribution in [3.63, 3.8) is 0 Å². The number of hydrogen-bond donors (Lipinski definition) is 2. The molecule has 0 atom stereocenters. The van der Waals surface area contributed by atoms with Crippen molar-refractivity contribution in [3.8, 4) is 11.1 Å². The number of thiophene rings is 1. The van der Waals surface area contributed by atoms with Gasteiger partial charge < -0.3 is 10.4 Å². The summed E-state index contributed by atoms with van der Waals surface area (Å²) in [7, 11) is 0. The van der Waals surface area contributed by atoms with E-state index in [-0.39, 0.29) is 23.7 Å². The molecule has 33 heavy (non-hydrogen) atoms. The molecule has 4 rings (SSSR count). The number of halogens is 1. The molecule has 0 spiro atoms. The van der Waals surface area contributed by atoms with Crippen molar-refractivity contribution >= 4 is 23.2 Å². The lowest BCUT2D eigenvalue weighted by Crippen LogP contribution is -2.39. The Morgan fingerprint density at radius 1 is 1.00 bits per heavy atom. The fourth-order valence-corrected chi connectivity index (χ4v) is 5.75. The lowest BCUT2D eigenvalue weighted by Gasteiger charge is -2.27. The summed E-state index contributed by atoms with van der Waals surface area (Å²) in [5.41, 5.74) is 3.84. The zero-order valence-electron chi connectivity index (χ0n) is 18.9. The molecule has 1 aromatic heterocycles. The van der Waals surface area contributed by atoms with Gasteiger partial charge in [-0.05, 0) is 67.9 Å². The summed E-state index contributed by atoms with van der Waals surface area (Å²) in [4.78, 5) is 26.3. The van der Waals surface area contributed by atoms with Gasteiger partial charge in [-0.2, -0.15) is 0 Å². The number of aryl methyl sites for hydroxylation is 2. The zero-order chi connectivity index (χ0) is 23.5. The second-order valence-electron chi connectivity index (χ2n) is 8.78. The first kappa shape index (κ1) is 23.2. The zero-order valence-corrected chi connectivity index (χ0v) is 19.7. The predicted octanol–water partition coefficient (Wildman–Crippen LogP) is 6.14. The fourth-order valence-electron chi connectivity index (χ4n) is 4.67. The number of carboxylic acids is 1. The van der Waals surface area contributed by atoms with Crippen molar-refractivity contribution in [2.45, 2.75) is 52.0 Å². The Hall–Kier alpha value is -2.99. The third-order valence-corrected chi connectivity index (χ3v) is 7.61. The molecule has 1 aliphatic rings. The van der Waals surface area contributed by atoms with Crippen LogP contribution in [0.25, 0.3) is 11.1 Å². The smallest absolute Gasteiger partial charge is 0.306 e. The number of aliphatic carboxylic acids is 1. The van der Waals surface area contributed by atoms with Crippen LogP contribution in [0.4, 0.5) is 4.39 Å². The standard InChI is InChI=1S/C27H28FNO3S/c1-16-23(14-21-9-8-20(15-24(21)28)18-6-4-3-5-7-18)25(17(2)33-16)26(30)29-22-12-10-19(11-13-22)27(31)32/h3-9,15,19,22H,10-14H2,1-2H3,(H,29,30)(H,31,32). The highest BCUT2D eigenvalue weighted by Gasteiger charge is 2.28. The lowest BCUT2D eigenvalue weighted by atomic mass is 9.86. The molecule has 0 radical (unpaired) electrons. The second kappa shape index (κ2) is 9.87. The molecule has 172 valence electrons. The molecule has 2 aromatic carbocycles. The number of carboxylic acid groups (broad SMARTS) is 1. The minimum atomic E-state index is -0.758. The quantitative estimate of drug-likeness (QED) is 0.460. The normalized spacial score (nSPS) is 18.2. The van der Waals surface area contributed by atoms with Gasteiger partial charge in [-0.3, -0.25) is 9.59 Å². The first-order chi connectivity index (χ1) is 15.8. The Balaban J connectivity index is 1.52. The lowest BCUT2D eigenvalue weighted by molar-refractivity contribution is -0.142. The summed E-state index contributed by atoms with van der Waals surface area (Å²) < 4.78 is 15.0. The molecular weight excluding hydrogens is 437 g/mol. The minimum absolute atomic E-state index is 0.0255. The van der Waals surface area contributed by atoms with Crippen LogP contribution in [0.2, 0.25) is 0 Å². The van der Waals surface area contributed by atoms with Gasteiger partial charge in [0.25, 0.3) is 5.91 Å². The summed E-state index contributed by atoms with van der Waals surface area (Å²) in [5.74, 6) is -1.50. The van der Waals surface area contributed by atoms with Crippen molar-refractivity contribution in [3.05, 3.63) is 80.8 Å². The van der Waals surface area contributed by atoms with E-state index in [1.165, 1.54) is 0 Å². The van der Waals surface area contributed by atoms with Gasteiger partial charge in [-0.1, -0.05) is 42.5 Å². The van der Waals surface area contributed by atoms with Gasteiger partial charge >= 0.3 is 5.97 Å². The Labute approximate surface area is 197 Å². The van der Waals surface area contributed by atoms with E-state index in [4.69, 9.17) is 0 Å². The molecule has 1 fully saturated rings. The molecule has 2 N–H and O–H groups in total. The predicted molar refractivity (Wildman–Crippen MR) is 129 cm³/mol. The summed E-state index contributed by atoms with van der Waals surface area (Å²) in [6, 6.07) is 14.9. The van der Waals surface area contributed by atoms with Crippen LogP contribution in [0.5, 0.6) is 0 Å². The third kappa shape index (κ3) is 5.17. The largest absolute Gasteiger partial charge is 0.481 e. The van der Waals surface area contributed by atoms with Crippen molar-refractivity contribution < 1.29 is 19.1 Å². The third-order valence-electron chi connectivity index (χ3n) is 6.55. The highest BCUT2D eigenvalue weighted by molar-refractivity contribution is 7.12. The molecule has 1 aliphatic carbocycles. The van der Waals surface area contributed by atoms with Gasteiger partial charge in [-0.15, -0.1) is 11.3 Å². The SMILES string of the molecule is Cc1sc(C)c(C(=O)NC2CCC(C(=O)O)CC2)c1Cc1ccc(-c2ccccc2)cc1F. The van der Waals surface area contributed by atoms with E-state index in [1.54, 1.807) is 23.5 Å². The number of rotatable bonds is 6. The van der Waals surface area contributed by atoms with E-state index in [9.17, 15) is 14.7 Å². The highest BCUT2D eigenvalue weighted by atomic mass is 32.1. The number of nitrogens with one attached hydrogen (secondary N) is 1. The Morgan fingerprint density at radius 3 is 2.33 bits per heavy atom. The van der Waals surface area contributed by atoms with Gasteiger partial charge in [0.05, 0.1) is 11.5 Å². The maximum atomic E-state index is 15.0. The Kier molecular flexibility index (Phi) is 6.94. The van der Waals surface area contributed by atoms with Gasteiger partial charge in [0, 0.05) is 22.2 Å². The number of carbonyl (C=O) groups is 2. The minimum Gasteiger partial charge on any atom is -0.481 e. The summed E-state index contributed by atoms with van der Waals surface area (Å²) in [5, 5.41) is 12.3. The number of hydrogen-bond acceptors (Lipinski definition) is 3. The first-order valence-corrected chi connectivity index (χ1v) is 12.1. The average Bonchev–Trinajstić information content (AvgIpc) is 3.08. The first-order valence-electron chi connectivity index (χ1n) is 11.3. The van der Waals surface area contributed by atoms with Crippen LogP contribution in [-0.4, -0.2) is 23.0 Å². The molecule has 1 heterocycles.